The molecule has 0 bridgehead atoms. The maximum Gasteiger partial charge on any atom is 0.154 e. The highest BCUT2D eigenvalue weighted by Gasteiger charge is 2.22. The van der Waals surface area contributed by atoms with Crippen molar-refractivity contribution in [2.45, 2.75) is 32.0 Å². The van der Waals surface area contributed by atoms with E-state index in [0.29, 0.717) is 5.75 Å². The fraction of sp³-hybridized carbons (Fsp3) is 0.333. The summed E-state index contributed by atoms with van der Waals surface area (Å²) in [4.78, 5) is 0. The van der Waals surface area contributed by atoms with Gasteiger partial charge in [0.25, 0.3) is 0 Å². The van der Waals surface area contributed by atoms with Crippen molar-refractivity contribution >= 4 is 0 Å². The number of phenols is 1. The van der Waals surface area contributed by atoms with Crippen molar-refractivity contribution in [1.82, 2.24) is 0 Å². The molecule has 2 aromatic rings. The lowest BCUT2D eigenvalue weighted by Crippen LogP contribution is -2.18. The first-order valence-corrected chi connectivity index (χ1v) is 7.28. The Morgan fingerprint density at radius 1 is 0.909 bits per heavy atom. The Bertz CT molecular complexity index is 585. The van der Waals surface area contributed by atoms with Crippen LogP contribution in [0.4, 0.5) is 0 Å². The van der Waals surface area contributed by atoms with Gasteiger partial charge in [-0.2, -0.15) is 0 Å². The molecule has 0 amide bonds. The molecular formula is C18H22O4. The maximum atomic E-state index is 9.40. The average molecular weight is 302 g/mol. The number of ether oxygens (including phenoxy) is 1. The quantitative estimate of drug-likeness (QED) is 0.718. The van der Waals surface area contributed by atoms with Gasteiger partial charge in [0.05, 0.1) is 6.61 Å². The molecule has 0 unspecified atom stereocenters. The number of aliphatic hydroxyl groups excluding tert-OH is 1. The molecule has 0 fully saturated rings. The molecule has 3 N–H and O–H groups in total. The van der Waals surface area contributed by atoms with Crippen molar-refractivity contribution in [1.29, 1.82) is 0 Å². The molecule has 0 heterocycles. The Hall–Kier alpha value is -2.04. The zero-order valence-electron chi connectivity index (χ0n) is 12.9. The van der Waals surface area contributed by atoms with Gasteiger partial charge in [-0.05, 0) is 35.4 Å². The topological polar surface area (TPSA) is 69.9 Å². The van der Waals surface area contributed by atoms with Crippen molar-refractivity contribution in [2.75, 3.05) is 6.61 Å². The number of rotatable bonds is 6. The Labute approximate surface area is 130 Å². The Balaban J connectivity index is 2.10. The average Bonchev–Trinajstić information content (AvgIpc) is 2.48. The number of phenolic OH excluding ortho intramolecular Hbond substituents is 1. The first-order chi connectivity index (χ1) is 10.4. The fourth-order valence-corrected chi connectivity index (χ4v) is 2.29. The lowest BCUT2D eigenvalue weighted by atomic mass is 9.78. The highest BCUT2D eigenvalue weighted by molar-refractivity contribution is 5.41. The van der Waals surface area contributed by atoms with E-state index in [1.807, 2.05) is 36.4 Å². The van der Waals surface area contributed by atoms with Gasteiger partial charge in [0.1, 0.15) is 11.5 Å². The molecule has 0 aliphatic rings. The van der Waals surface area contributed by atoms with E-state index in [1.165, 1.54) is 0 Å². The predicted molar refractivity (Wildman–Crippen MR) is 85.0 cm³/mol. The van der Waals surface area contributed by atoms with Crippen molar-refractivity contribution in [3.05, 3.63) is 59.7 Å². The predicted octanol–water partition coefficient (Wildman–Crippen LogP) is 2.80. The highest BCUT2D eigenvalue weighted by atomic mass is 16.5. The summed E-state index contributed by atoms with van der Waals surface area (Å²) >= 11 is 0. The number of hydrogen-bond donors (Lipinski definition) is 3. The van der Waals surface area contributed by atoms with Crippen molar-refractivity contribution < 1.29 is 20.1 Å². The van der Waals surface area contributed by atoms with E-state index in [2.05, 4.69) is 13.8 Å². The van der Waals surface area contributed by atoms with Crippen LogP contribution in [-0.2, 0) is 5.41 Å². The summed E-state index contributed by atoms with van der Waals surface area (Å²) in [6.45, 7) is 4.51. The monoisotopic (exact) mass is 302 g/mol. The van der Waals surface area contributed by atoms with Crippen molar-refractivity contribution in [3.8, 4) is 11.5 Å². The normalized spacial score (nSPS) is 11.7. The van der Waals surface area contributed by atoms with E-state index in [4.69, 9.17) is 14.9 Å². The van der Waals surface area contributed by atoms with Gasteiger partial charge < -0.3 is 20.1 Å². The largest absolute Gasteiger partial charge is 0.508 e. The molecule has 0 radical (unpaired) electrons. The van der Waals surface area contributed by atoms with Crippen LogP contribution in [0, 0.1) is 0 Å². The molecule has 4 nitrogen and oxygen atoms in total. The second-order valence-electron chi connectivity index (χ2n) is 5.81. The molecule has 0 saturated carbocycles. The third-order valence-electron chi connectivity index (χ3n) is 3.81. The molecule has 0 saturated heterocycles. The molecule has 0 aliphatic carbocycles. The number of benzene rings is 2. The van der Waals surface area contributed by atoms with Gasteiger partial charge in [0, 0.05) is 11.8 Å². The third-order valence-corrected chi connectivity index (χ3v) is 3.81. The van der Waals surface area contributed by atoms with Gasteiger partial charge in [-0.3, -0.25) is 0 Å². The summed E-state index contributed by atoms with van der Waals surface area (Å²) in [5.74, 6) is 0.959. The summed E-state index contributed by atoms with van der Waals surface area (Å²) in [7, 11) is 0. The second-order valence-corrected chi connectivity index (χ2v) is 5.81. The number of aliphatic hydroxyl groups is 2. The molecular weight excluding hydrogens is 280 g/mol. The second kappa shape index (κ2) is 6.81. The highest BCUT2D eigenvalue weighted by Crippen LogP contribution is 2.33. The van der Waals surface area contributed by atoms with Crippen LogP contribution in [0.15, 0.2) is 48.5 Å². The minimum absolute atomic E-state index is 0.181. The van der Waals surface area contributed by atoms with Crippen LogP contribution in [0.3, 0.4) is 0 Å². The lowest BCUT2D eigenvalue weighted by molar-refractivity contribution is -0.0519. The van der Waals surface area contributed by atoms with Gasteiger partial charge in [0.15, 0.2) is 6.29 Å². The molecule has 4 heteroatoms. The smallest absolute Gasteiger partial charge is 0.154 e. The van der Waals surface area contributed by atoms with Crippen LogP contribution < -0.4 is 4.74 Å². The molecule has 0 atom stereocenters. The van der Waals surface area contributed by atoms with E-state index < -0.39 is 6.29 Å². The Kier molecular flexibility index (Phi) is 5.06. The standard InChI is InChI=1S/C18H22O4/c1-18(2,13-3-7-15(19)8-4-13)14-5-9-16(10-6-14)22-12-11-17(20)21/h3-10,17,19-21H,11-12H2,1-2H3. The molecule has 2 aromatic carbocycles. The minimum atomic E-state index is -1.34. The first kappa shape index (κ1) is 16.3. The third kappa shape index (κ3) is 4.00. The molecule has 0 aromatic heterocycles. The van der Waals surface area contributed by atoms with Crippen LogP contribution >= 0.6 is 0 Å². The Morgan fingerprint density at radius 3 is 1.91 bits per heavy atom. The summed E-state index contributed by atoms with van der Waals surface area (Å²) in [6, 6.07) is 15.0. The van der Waals surface area contributed by atoms with E-state index in [-0.39, 0.29) is 24.2 Å². The fourth-order valence-electron chi connectivity index (χ4n) is 2.29. The molecule has 0 spiro atoms. The van der Waals surface area contributed by atoms with Crippen LogP contribution in [0.2, 0.25) is 0 Å². The summed E-state index contributed by atoms with van der Waals surface area (Å²) in [6.07, 6.45) is -1.16. The molecule has 2 rings (SSSR count). The minimum Gasteiger partial charge on any atom is -0.508 e. The lowest BCUT2D eigenvalue weighted by Gasteiger charge is -2.26. The zero-order chi connectivity index (χ0) is 16.2. The summed E-state index contributed by atoms with van der Waals surface area (Å²) < 4.78 is 5.45. The van der Waals surface area contributed by atoms with Crippen LogP contribution in [0.5, 0.6) is 11.5 Å². The van der Waals surface area contributed by atoms with Gasteiger partial charge in [0.2, 0.25) is 0 Å². The van der Waals surface area contributed by atoms with Crippen LogP contribution in [-0.4, -0.2) is 28.2 Å². The van der Waals surface area contributed by atoms with Gasteiger partial charge in [-0.25, -0.2) is 0 Å². The van der Waals surface area contributed by atoms with Gasteiger partial charge in [-0.15, -0.1) is 0 Å². The molecule has 22 heavy (non-hydrogen) atoms. The van der Waals surface area contributed by atoms with Crippen LogP contribution in [0.25, 0.3) is 0 Å². The van der Waals surface area contributed by atoms with Gasteiger partial charge in [-0.1, -0.05) is 38.1 Å². The van der Waals surface area contributed by atoms with Crippen LogP contribution in [0.1, 0.15) is 31.4 Å². The van der Waals surface area contributed by atoms with Crippen molar-refractivity contribution in [3.63, 3.8) is 0 Å². The van der Waals surface area contributed by atoms with Gasteiger partial charge >= 0.3 is 0 Å². The molecule has 118 valence electrons. The van der Waals surface area contributed by atoms with E-state index >= 15 is 0 Å². The van der Waals surface area contributed by atoms with E-state index in [1.54, 1.807) is 12.1 Å². The maximum absolute atomic E-state index is 9.40. The number of aromatic hydroxyl groups is 1. The van der Waals surface area contributed by atoms with Crippen molar-refractivity contribution in [2.24, 2.45) is 0 Å². The zero-order valence-corrected chi connectivity index (χ0v) is 12.9. The number of hydrogen-bond acceptors (Lipinski definition) is 4. The van der Waals surface area contributed by atoms with E-state index in [0.717, 1.165) is 11.1 Å². The SMILES string of the molecule is CC(C)(c1ccc(O)cc1)c1ccc(OCCC(O)O)cc1. The molecule has 0 aliphatic heterocycles. The Morgan fingerprint density at radius 2 is 1.41 bits per heavy atom. The summed E-state index contributed by atoms with van der Waals surface area (Å²) in [5.41, 5.74) is 2.06. The first-order valence-electron chi connectivity index (χ1n) is 7.28. The summed E-state index contributed by atoms with van der Waals surface area (Å²) in [5, 5.41) is 27.0. The van der Waals surface area contributed by atoms with E-state index in [9.17, 15) is 5.11 Å².